The fourth-order valence-electron chi connectivity index (χ4n) is 3.24. The van der Waals surface area contributed by atoms with Crippen LogP contribution < -0.4 is 15.8 Å². The summed E-state index contributed by atoms with van der Waals surface area (Å²) in [4.78, 5) is 4.38. The Bertz CT molecular complexity index is 1170. The molecule has 31 heavy (non-hydrogen) atoms. The van der Waals surface area contributed by atoms with Crippen molar-refractivity contribution < 1.29 is 17.9 Å². The Hall–Kier alpha value is -3.59. The zero-order chi connectivity index (χ0) is 21.8. The quantitative estimate of drug-likeness (QED) is 0.457. The highest BCUT2D eigenvalue weighted by Gasteiger charge is 2.31. The van der Waals surface area contributed by atoms with E-state index in [0.717, 1.165) is 16.8 Å². The van der Waals surface area contributed by atoms with E-state index in [1.54, 1.807) is 28.9 Å². The van der Waals surface area contributed by atoms with Crippen molar-refractivity contribution in [2.45, 2.75) is 19.3 Å². The van der Waals surface area contributed by atoms with E-state index in [2.05, 4.69) is 20.1 Å². The third-order valence-electron chi connectivity index (χ3n) is 4.75. The van der Waals surface area contributed by atoms with Gasteiger partial charge < -0.3 is 15.8 Å². The van der Waals surface area contributed by atoms with Gasteiger partial charge in [-0.1, -0.05) is 42.5 Å². The molecule has 4 aromatic rings. The van der Waals surface area contributed by atoms with Crippen LogP contribution in [0, 0.1) is 0 Å². The lowest BCUT2D eigenvalue weighted by Crippen LogP contribution is -2.18. The number of fused-ring (bicyclic) bond motifs is 1. The summed E-state index contributed by atoms with van der Waals surface area (Å²) >= 11 is 0. The number of benzene rings is 2. The Labute approximate surface area is 176 Å². The summed E-state index contributed by atoms with van der Waals surface area (Å²) in [7, 11) is 0. The number of nitrogens with zero attached hydrogens (tertiary/aromatic N) is 3. The van der Waals surface area contributed by atoms with Gasteiger partial charge in [-0.3, -0.25) is 0 Å². The standard InChI is InChI=1S/C22H20F3N5O/c23-22(24,25)31-19-4-2-1-3-17(19)11-12-27-20-9-10-21-28-14-18(30(21)29-20)16-7-5-15(13-26)6-8-16/h1-10,14H,11-13,26H2,(H,27,29). The second-order valence-corrected chi connectivity index (χ2v) is 6.87. The molecule has 2 heterocycles. The molecule has 3 N–H and O–H groups in total. The summed E-state index contributed by atoms with van der Waals surface area (Å²) < 4.78 is 43.6. The molecule has 160 valence electrons. The van der Waals surface area contributed by atoms with Gasteiger partial charge in [0, 0.05) is 18.7 Å². The van der Waals surface area contributed by atoms with Crippen LogP contribution in [0.4, 0.5) is 19.0 Å². The Morgan fingerprint density at radius 3 is 2.52 bits per heavy atom. The van der Waals surface area contributed by atoms with E-state index in [9.17, 15) is 13.2 Å². The summed E-state index contributed by atoms with van der Waals surface area (Å²) in [5.41, 5.74) is 9.60. The molecule has 0 fully saturated rings. The van der Waals surface area contributed by atoms with Crippen LogP contribution in [0.25, 0.3) is 16.9 Å². The predicted molar refractivity (Wildman–Crippen MR) is 112 cm³/mol. The number of aromatic nitrogens is 3. The number of hydrogen-bond donors (Lipinski definition) is 2. The summed E-state index contributed by atoms with van der Waals surface area (Å²) in [6.07, 6.45) is -2.64. The lowest BCUT2D eigenvalue weighted by molar-refractivity contribution is -0.274. The van der Waals surface area contributed by atoms with Crippen LogP contribution in [0.3, 0.4) is 0 Å². The maximum absolute atomic E-state index is 12.6. The van der Waals surface area contributed by atoms with E-state index in [1.165, 1.54) is 12.1 Å². The molecule has 6 nitrogen and oxygen atoms in total. The minimum absolute atomic E-state index is 0.196. The molecule has 0 aliphatic rings. The van der Waals surface area contributed by atoms with Crippen LogP contribution in [-0.2, 0) is 13.0 Å². The minimum Gasteiger partial charge on any atom is -0.406 e. The van der Waals surface area contributed by atoms with Crippen LogP contribution >= 0.6 is 0 Å². The van der Waals surface area contributed by atoms with Gasteiger partial charge in [0.2, 0.25) is 0 Å². The highest BCUT2D eigenvalue weighted by Crippen LogP contribution is 2.26. The van der Waals surface area contributed by atoms with Gasteiger partial charge in [-0.25, -0.2) is 9.50 Å². The maximum atomic E-state index is 12.6. The van der Waals surface area contributed by atoms with E-state index in [1.807, 2.05) is 30.3 Å². The molecule has 0 aliphatic carbocycles. The van der Waals surface area contributed by atoms with Crippen LogP contribution in [-0.4, -0.2) is 27.5 Å². The Balaban J connectivity index is 1.49. The zero-order valence-electron chi connectivity index (χ0n) is 16.4. The van der Waals surface area contributed by atoms with Gasteiger partial charge in [0.25, 0.3) is 0 Å². The minimum atomic E-state index is -4.73. The number of imidazole rings is 1. The molecule has 0 radical (unpaired) electrons. The van der Waals surface area contributed by atoms with Crippen molar-refractivity contribution in [3.05, 3.63) is 78.0 Å². The molecule has 9 heteroatoms. The number of alkyl halides is 3. The van der Waals surface area contributed by atoms with Crippen LogP contribution in [0.5, 0.6) is 5.75 Å². The smallest absolute Gasteiger partial charge is 0.406 e. The van der Waals surface area contributed by atoms with Gasteiger partial charge in [-0.15, -0.1) is 18.3 Å². The summed E-state index contributed by atoms with van der Waals surface area (Å²) in [5, 5.41) is 7.72. The number of halogens is 3. The van der Waals surface area contributed by atoms with Crippen LogP contribution in [0.1, 0.15) is 11.1 Å². The molecule has 0 atom stereocenters. The van der Waals surface area contributed by atoms with Crippen molar-refractivity contribution in [2.75, 3.05) is 11.9 Å². The van der Waals surface area contributed by atoms with Gasteiger partial charge in [0.1, 0.15) is 11.6 Å². The number of rotatable bonds is 7. The van der Waals surface area contributed by atoms with Crippen molar-refractivity contribution >= 4 is 11.5 Å². The van der Waals surface area contributed by atoms with Gasteiger partial charge in [-0.2, -0.15) is 0 Å². The summed E-state index contributed by atoms with van der Waals surface area (Å²) in [5.74, 6) is 0.387. The molecule has 0 amide bonds. The largest absolute Gasteiger partial charge is 0.573 e. The normalized spacial score (nSPS) is 11.6. The van der Waals surface area contributed by atoms with Crippen molar-refractivity contribution in [3.63, 3.8) is 0 Å². The monoisotopic (exact) mass is 427 g/mol. The molecule has 0 bridgehead atoms. The number of ether oxygens (including phenoxy) is 1. The van der Waals surface area contributed by atoms with E-state index in [4.69, 9.17) is 5.73 Å². The van der Waals surface area contributed by atoms with Crippen LogP contribution in [0.15, 0.2) is 66.9 Å². The van der Waals surface area contributed by atoms with Crippen LogP contribution in [0.2, 0.25) is 0 Å². The average molecular weight is 427 g/mol. The zero-order valence-corrected chi connectivity index (χ0v) is 16.4. The fraction of sp³-hybridized carbons (Fsp3) is 0.182. The van der Waals surface area contributed by atoms with E-state index in [-0.39, 0.29) is 5.75 Å². The number of nitrogens with one attached hydrogen (secondary N) is 1. The number of nitrogens with two attached hydrogens (primary N) is 1. The fourth-order valence-corrected chi connectivity index (χ4v) is 3.24. The third-order valence-corrected chi connectivity index (χ3v) is 4.75. The molecule has 0 spiro atoms. The van der Waals surface area contributed by atoms with Gasteiger partial charge >= 0.3 is 6.36 Å². The maximum Gasteiger partial charge on any atom is 0.573 e. The van der Waals surface area contributed by atoms with Crippen molar-refractivity contribution in [2.24, 2.45) is 5.73 Å². The molecule has 2 aromatic heterocycles. The van der Waals surface area contributed by atoms with Gasteiger partial charge in [0.05, 0.1) is 11.9 Å². The number of anilines is 1. The first kappa shape index (κ1) is 20.7. The highest BCUT2D eigenvalue weighted by molar-refractivity contribution is 5.64. The molecule has 2 aromatic carbocycles. The third kappa shape index (κ3) is 4.95. The molecular weight excluding hydrogens is 407 g/mol. The highest BCUT2D eigenvalue weighted by atomic mass is 19.4. The van der Waals surface area contributed by atoms with E-state index < -0.39 is 6.36 Å². The first-order valence-electron chi connectivity index (χ1n) is 9.64. The van der Waals surface area contributed by atoms with Crippen molar-refractivity contribution in [1.29, 1.82) is 0 Å². The first-order valence-corrected chi connectivity index (χ1v) is 9.64. The molecule has 0 saturated heterocycles. The number of hydrogen-bond acceptors (Lipinski definition) is 5. The molecule has 0 unspecified atom stereocenters. The Kier molecular flexibility index (Phi) is 5.77. The average Bonchev–Trinajstić information content (AvgIpc) is 3.17. The predicted octanol–water partition coefficient (Wildman–Crippen LogP) is 4.41. The molecule has 4 rings (SSSR count). The second kappa shape index (κ2) is 8.65. The Morgan fingerprint density at radius 1 is 1.00 bits per heavy atom. The SMILES string of the molecule is NCc1ccc(-c2cnc3ccc(NCCc4ccccc4OC(F)(F)F)nn23)cc1. The lowest BCUT2D eigenvalue weighted by Gasteiger charge is -2.13. The second-order valence-electron chi connectivity index (χ2n) is 6.87. The van der Waals surface area contributed by atoms with E-state index in [0.29, 0.717) is 36.5 Å². The van der Waals surface area contributed by atoms with Crippen molar-refractivity contribution in [3.8, 4) is 17.0 Å². The van der Waals surface area contributed by atoms with Crippen molar-refractivity contribution in [1.82, 2.24) is 14.6 Å². The van der Waals surface area contributed by atoms with E-state index >= 15 is 0 Å². The molecule has 0 aliphatic heterocycles. The lowest BCUT2D eigenvalue weighted by atomic mass is 10.1. The van der Waals surface area contributed by atoms with Gasteiger partial charge in [0.15, 0.2) is 5.65 Å². The summed E-state index contributed by atoms with van der Waals surface area (Å²) in [6, 6.07) is 17.5. The van der Waals surface area contributed by atoms with Gasteiger partial charge in [-0.05, 0) is 35.7 Å². The molecular formula is C22H20F3N5O. The number of para-hydroxylation sites is 1. The molecule has 0 saturated carbocycles. The Morgan fingerprint density at radius 2 is 1.77 bits per heavy atom. The topological polar surface area (TPSA) is 77.5 Å². The summed E-state index contributed by atoms with van der Waals surface area (Å²) in [6.45, 7) is 0.850. The first-order chi connectivity index (χ1) is 14.9.